The van der Waals surface area contributed by atoms with Crippen LogP contribution < -0.4 is 4.90 Å². The van der Waals surface area contributed by atoms with E-state index in [4.69, 9.17) is 0 Å². The van der Waals surface area contributed by atoms with E-state index in [1.165, 1.54) is 5.69 Å². The lowest BCUT2D eigenvalue weighted by Crippen LogP contribution is -2.49. The third kappa shape index (κ3) is 2.65. The second-order valence-corrected chi connectivity index (χ2v) is 6.38. The Balaban J connectivity index is 1.88. The molecule has 3 heterocycles. The van der Waals surface area contributed by atoms with Crippen molar-refractivity contribution in [2.45, 2.75) is 19.9 Å². The summed E-state index contributed by atoms with van der Waals surface area (Å²) in [6.07, 6.45) is 3.72. The van der Waals surface area contributed by atoms with Gasteiger partial charge in [0.1, 0.15) is 5.52 Å². The van der Waals surface area contributed by atoms with Gasteiger partial charge in [-0.3, -0.25) is 14.9 Å². The molecule has 1 fully saturated rings. The molecular formula is C15H19BrN4. The van der Waals surface area contributed by atoms with Crippen molar-refractivity contribution < 1.29 is 0 Å². The fraction of sp³-hybridized carbons (Fsp3) is 0.467. The summed E-state index contributed by atoms with van der Waals surface area (Å²) < 4.78 is 0.972. The Morgan fingerprint density at radius 3 is 2.60 bits per heavy atom. The van der Waals surface area contributed by atoms with Crippen molar-refractivity contribution in [2.24, 2.45) is 0 Å². The lowest BCUT2D eigenvalue weighted by atomic mass is 10.2. The highest BCUT2D eigenvalue weighted by molar-refractivity contribution is 9.10. The van der Waals surface area contributed by atoms with Crippen LogP contribution in [-0.2, 0) is 0 Å². The third-order valence-electron chi connectivity index (χ3n) is 3.91. The quantitative estimate of drug-likeness (QED) is 0.845. The number of hydrogen-bond donors (Lipinski definition) is 0. The van der Waals surface area contributed by atoms with E-state index in [0.29, 0.717) is 6.04 Å². The van der Waals surface area contributed by atoms with Crippen LogP contribution >= 0.6 is 15.9 Å². The molecule has 0 saturated carbocycles. The van der Waals surface area contributed by atoms with Crippen molar-refractivity contribution in [3.63, 3.8) is 0 Å². The van der Waals surface area contributed by atoms with E-state index in [9.17, 15) is 0 Å². The molecular weight excluding hydrogens is 316 g/mol. The Morgan fingerprint density at radius 1 is 1.15 bits per heavy atom. The molecule has 1 saturated heterocycles. The molecule has 0 aromatic carbocycles. The summed E-state index contributed by atoms with van der Waals surface area (Å²) in [4.78, 5) is 13.9. The molecule has 0 unspecified atom stereocenters. The number of nitrogens with zero attached hydrogens (tertiary/aromatic N) is 4. The van der Waals surface area contributed by atoms with Gasteiger partial charge in [-0.15, -0.1) is 0 Å². The standard InChI is InChI=1S/C15H19BrN4/c1-11(2)19-5-7-20(8-6-19)14-3-4-17-13-9-12(16)10-18-15(13)14/h3-4,9-11H,5-8H2,1-2H3. The Labute approximate surface area is 127 Å². The van der Waals surface area contributed by atoms with Crippen LogP contribution in [0.4, 0.5) is 5.69 Å². The Morgan fingerprint density at radius 2 is 1.90 bits per heavy atom. The fourth-order valence-electron chi connectivity index (χ4n) is 2.73. The summed E-state index contributed by atoms with van der Waals surface area (Å²) in [5.74, 6) is 0. The molecule has 0 amide bonds. The molecule has 2 aromatic heterocycles. The topological polar surface area (TPSA) is 32.3 Å². The summed E-state index contributed by atoms with van der Waals surface area (Å²) >= 11 is 3.45. The molecule has 20 heavy (non-hydrogen) atoms. The van der Waals surface area contributed by atoms with Crippen LogP contribution in [0.2, 0.25) is 0 Å². The maximum Gasteiger partial charge on any atom is 0.112 e. The zero-order valence-electron chi connectivity index (χ0n) is 11.9. The zero-order chi connectivity index (χ0) is 14.1. The number of pyridine rings is 2. The number of piperazine rings is 1. The van der Waals surface area contributed by atoms with Gasteiger partial charge < -0.3 is 4.90 Å². The minimum absolute atomic E-state index is 0.625. The summed E-state index contributed by atoms with van der Waals surface area (Å²) in [5.41, 5.74) is 3.14. The van der Waals surface area contributed by atoms with Crippen molar-refractivity contribution in [3.8, 4) is 0 Å². The smallest absolute Gasteiger partial charge is 0.112 e. The molecule has 1 aliphatic heterocycles. The lowest BCUT2D eigenvalue weighted by molar-refractivity contribution is 0.209. The van der Waals surface area contributed by atoms with Gasteiger partial charge in [0.2, 0.25) is 0 Å². The number of anilines is 1. The first kappa shape index (κ1) is 13.8. The second kappa shape index (κ2) is 5.66. The van der Waals surface area contributed by atoms with Crippen LogP contribution in [0.15, 0.2) is 29.0 Å². The predicted molar refractivity (Wildman–Crippen MR) is 86.2 cm³/mol. The highest BCUT2D eigenvalue weighted by Gasteiger charge is 2.20. The highest BCUT2D eigenvalue weighted by Crippen LogP contribution is 2.26. The van der Waals surface area contributed by atoms with E-state index < -0.39 is 0 Å². The molecule has 0 bridgehead atoms. The average Bonchev–Trinajstić information content (AvgIpc) is 2.46. The van der Waals surface area contributed by atoms with Gasteiger partial charge in [-0.25, -0.2) is 0 Å². The molecule has 106 valence electrons. The van der Waals surface area contributed by atoms with Crippen LogP contribution in [0.1, 0.15) is 13.8 Å². The number of rotatable bonds is 2. The van der Waals surface area contributed by atoms with Crippen molar-refractivity contribution in [3.05, 3.63) is 29.0 Å². The van der Waals surface area contributed by atoms with E-state index in [-0.39, 0.29) is 0 Å². The molecule has 0 spiro atoms. The molecule has 0 atom stereocenters. The zero-order valence-corrected chi connectivity index (χ0v) is 13.5. The lowest BCUT2D eigenvalue weighted by Gasteiger charge is -2.38. The van der Waals surface area contributed by atoms with Gasteiger partial charge in [0.15, 0.2) is 0 Å². The molecule has 4 nitrogen and oxygen atoms in total. The molecule has 0 aliphatic carbocycles. The second-order valence-electron chi connectivity index (χ2n) is 5.47. The highest BCUT2D eigenvalue weighted by atomic mass is 79.9. The molecule has 0 N–H and O–H groups in total. The van der Waals surface area contributed by atoms with Gasteiger partial charge in [-0.05, 0) is 41.9 Å². The molecule has 1 aliphatic rings. The molecule has 3 rings (SSSR count). The van der Waals surface area contributed by atoms with Gasteiger partial charge in [0.05, 0.1) is 11.2 Å². The monoisotopic (exact) mass is 334 g/mol. The van der Waals surface area contributed by atoms with Gasteiger partial charge in [0, 0.05) is 49.1 Å². The predicted octanol–water partition coefficient (Wildman–Crippen LogP) is 2.92. The van der Waals surface area contributed by atoms with Gasteiger partial charge in [-0.1, -0.05) is 0 Å². The fourth-order valence-corrected chi connectivity index (χ4v) is 3.05. The third-order valence-corrected chi connectivity index (χ3v) is 4.34. The van der Waals surface area contributed by atoms with Gasteiger partial charge >= 0.3 is 0 Å². The SMILES string of the molecule is CC(C)N1CCN(c2ccnc3cc(Br)cnc23)CC1. The van der Waals surface area contributed by atoms with Crippen molar-refractivity contribution in [2.75, 3.05) is 31.1 Å². The minimum atomic E-state index is 0.625. The minimum Gasteiger partial charge on any atom is -0.367 e. The molecule has 0 radical (unpaired) electrons. The van der Waals surface area contributed by atoms with Crippen LogP contribution in [0.3, 0.4) is 0 Å². The summed E-state index contributed by atoms with van der Waals surface area (Å²) in [6.45, 7) is 8.84. The summed E-state index contributed by atoms with van der Waals surface area (Å²) in [7, 11) is 0. The van der Waals surface area contributed by atoms with Crippen LogP contribution in [-0.4, -0.2) is 47.1 Å². The van der Waals surface area contributed by atoms with E-state index in [1.54, 1.807) is 0 Å². The maximum atomic E-state index is 4.55. The first-order valence-electron chi connectivity index (χ1n) is 7.04. The normalized spacial score (nSPS) is 17.1. The number of halogens is 1. The summed E-state index contributed by atoms with van der Waals surface area (Å²) in [5, 5.41) is 0. The molecule has 5 heteroatoms. The largest absolute Gasteiger partial charge is 0.367 e. The van der Waals surface area contributed by atoms with Gasteiger partial charge in [-0.2, -0.15) is 0 Å². The number of hydrogen-bond acceptors (Lipinski definition) is 4. The van der Waals surface area contributed by atoms with Crippen molar-refractivity contribution in [1.82, 2.24) is 14.9 Å². The first-order chi connectivity index (χ1) is 9.65. The number of fused-ring (bicyclic) bond motifs is 1. The van der Waals surface area contributed by atoms with E-state index in [2.05, 4.69) is 55.6 Å². The van der Waals surface area contributed by atoms with E-state index >= 15 is 0 Å². The van der Waals surface area contributed by atoms with Crippen molar-refractivity contribution in [1.29, 1.82) is 0 Å². The van der Waals surface area contributed by atoms with Crippen molar-refractivity contribution >= 4 is 32.7 Å². The van der Waals surface area contributed by atoms with Crippen LogP contribution in [0.25, 0.3) is 11.0 Å². The Bertz CT molecular complexity index is 606. The Hall–Kier alpha value is -1.20. The van der Waals surface area contributed by atoms with Gasteiger partial charge in [0.25, 0.3) is 0 Å². The van der Waals surface area contributed by atoms with E-state index in [0.717, 1.165) is 41.7 Å². The Kier molecular flexibility index (Phi) is 3.89. The molecule has 2 aromatic rings. The maximum absolute atomic E-state index is 4.55. The summed E-state index contributed by atoms with van der Waals surface area (Å²) in [6, 6.07) is 4.73. The van der Waals surface area contributed by atoms with E-state index in [1.807, 2.05) is 18.5 Å². The van der Waals surface area contributed by atoms with Crippen LogP contribution in [0.5, 0.6) is 0 Å². The first-order valence-corrected chi connectivity index (χ1v) is 7.84. The average molecular weight is 335 g/mol. The van der Waals surface area contributed by atoms with Crippen LogP contribution in [0, 0.1) is 0 Å². The number of aromatic nitrogens is 2.